The summed E-state index contributed by atoms with van der Waals surface area (Å²) in [5.41, 5.74) is 1.05. The fourth-order valence-corrected chi connectivity index (χ4v) is 4.23. The molecule has 2 heterocycles. The zero-order valence-corrected chi connectivity index (χ0v) is 11.7. The number of H-pyrrole nitrogens is 1. The van der Waals surface area contributed by atoms with Gasteiger partial charge in [0.15, 0.2) is 0 Å². The quantitative estimate of drug-likeness (QED) is 0.885. The van der Waals surface area contributed by atoms with Crippen molar-refractivity contribution >= 4 is 39.3 Å². The SMILES string of the molecule is O=C([O-])CSCc1nc2sc3c(c2c(=O)[nH]1)CCC3. The number of aliphatic carboxylic acids is 1. The van der Waals surface area contributed by atoms with Gasteiger partial charge in [0.1, 0.15) is 10.7 Å². The summed E-state index contributed by atoms with van der Waals surface area (Å²) in [6.45, 7) is 0. The number of carbonyl (C=O) groups excluding carboxylic acids is 1. The summed E-state index contributed by atoms with van der Waals surface area (Å²) in [7, 11) is 0. The molecule has 5 nitrogen and oxygen atoms in total. The number of nitrogens with zero attached hydrogens (tertiary/aromatic N) is 1. The molecule has 0 aliphatic heterocycles. The number of rotatable bonds is 4. The Bertz CT molecular complexity index is 705. The molecule has 0 unspecified atom stereocenters. The maximum absolute atomic E-state index is 12.1. The Kier molecular flexibility index (Phi) is 3.32. The van der Waals surface area contributed by atoms with Crippen LogP contribution in [-0.2, 0) is 23.4 Å². The molecule has 19 heavy (non-hydrogen) atoms. The topological polar surface area (TPSA) is 85.9 Å². The third kappa shape index (κ3) is 2.40. The van der Waals surface area contributed by atoms with Crippen LogP contribution in [0, 0.1) is 0 Å². The van der Waals surface area contributed by atoms with E-state index in [0.29, 0.717) is 11.6 Å². The Morgan fingerprint density at radius 1 is 1.47 bits per heavy atom. The van der Waals surface area contributed by atoms with Gasteiger partial charge in [0.2, 0.25) is 0 Å². The third-order valence-corrected chi connectivity index (χ3v) is 5.19. The van der Waals surface area contributed by atoms with Gasteiger partial charge in [-0.05, 0) is 24.8 Å². The van der Waals surface area contributed by atoms with E-state index < -0.39 is 5.97 Å². The van der Waals surface area contributed by atoms with Crippen LogP contribution in [0.2, 0.25) is 0 Å². The Morgan fingerprint density at radius 2 is 2.32 bits per heavy atom. The molecule has 1 aliphatic rings. The van der Waals surface area contributed by atoms with Gasteiger partial charge in [0, 0.05) is 10.6 Å². The van der Waals surface area contributed by atoms with Crippen LogP contribution in [0.1, 0.15) is 22.7 Å². The summed E-state index contributed by atoms with van der Waals surface area (Å²) >= 11 is 2.76. The molecule has 7 heteroatoms. The van der Waals surface area contributed by atoms with Gasteiger partial charge in [-0.1, -0.05) is 0 Å². The van der Waals surface area contributed by atoms with Crippen molar-refractivity contribution in [1.29, 1.82) is 0 Å². The molecule has 1 N–H and O–H groups in total. The van der Waals surface area contributed by atoms with Gasteiger partial charge < -0.3 is 14.9 Å². The van der Waals surface area contributed by atoms with E-state index in [-0.39, 0.29) is 11.3 Å². The maximum atomic E-state index is 12.1. The summed E-state index contributed by atoms with van der Waals surface area (Å²) in [5.74, 6) is -0.295. The van der Waals surface area contributed by atoms with Crippen LogP contribution in [0.25, 0.3) is 10.2 Å². The van der Waals surface area contributed by atoms with Crippen LogP contribution < -0.4 is 10.7 Å². The molecule has 0 saturated heterocycles. The number of hydrogen-bond acceptors (Lipinski definition) is 6. The Morgan fingerprint density at radius 3 is 3.11 bits per heavy atom. The van der Waals surface area contributed by atoms with Gasteiger partial charge in [-0.2, -0.15) is 0 Å². The van der Waals surface area contributed by atoms with E-state index in [4.69, 9.17) is 0 Å². The lowest BCUT2D eigenvalue weighted by atomic mass is 10.2. The standard InChI is InChI=1S/C12H12N2O3S2/c15-9(16)5-18-4-8-13-11(17)10-6-2-1-3-7(6)19-12(10)14-8/h1-5H2,(H,15,16)(H,13,14,17)/p-1. The average molecular weight is 295 g/mol. The number of carboxylic acid groups (broad SMARTS) is 1. The van der Waals surface area contributed by atoms with Gasteiger partial charge in [0.05, 0.1) is 17.1 Å². The maximum Gasteiger partial charge on any atom is 0.259 e. The first-order valence-corrected chi connectivity index (χ1v) is 7.93. The van der Waals surface area contributed by atoms with Crippen molar-refractivity contribution < 1.29 is 9.90 Å². The zero-order chi connectivity index (χ0) is 13.4. The van der Waals surface area contributed by atoms with E-state index in [1.165, 1.54) is 16.6 Å². The van der Waals surface area contributed by atoms with Gasteiger partial charge in [-0.25, -0.2) is 4.98 Å². The smallest absolute Gasteiger partial charge is 0.259 e. The van der Waals surface area contributed by atoms with E-state index in [0.717, 1.165) is 35.0 Å². The number of carboxylic acids is 1. The minimum absolute atomic E-state index is 0.0946. The number of hydrogen-bond donors (Lipinski definition) is 1. The lowest BCUT2D eigenvalue weighted by Crippen LogP contribution is -2.24. The number of aryl methyl sites for hydroxylation is 2. The van der Waals surface area contributed by atoms with Crippen LogP contribution in [-0.4, -0.2) is 21.7 Å². The highest BCUT2D eigenvalue weighted by Crippen LogP contribution is 2.34. The summed E-state index contributed by atoms with van der Waals surface area (Å²) in [6.07, 6.45) is 3.10. The number of aromatic nitrogens is 2. The summed E-state index contributed by atoms with van der Waals surface area (Å²) < 4.78 is 0. The average Bonchev–Trinajstić information content (AvgIpc) is 2.87. The molecule has 2 aromatic rings. The monoisotopic (exact) mass is 295 g/mol. The lowest BCUT2D eigenvalue weighted by molar-refractivity contribution is -0.301. The lowest BCUT2D eigenvalue weighted by Gasteiger charge is -2.02. The van der Waals surface area contributed by atoms with Crippen molar-refractivity contribution in [2.24, 2.45) is 0 Å². The predicted molar refractivity (Wildman–Crippen MR) is 73.4 cm³/mol. The van der Waals surface area contributed by atoms with Crippen molar-refractivity contribution in [2.75, 3.05) is 5.75 Å². The predicted octanol–water partition coefficient (Wildman–Crippen LogP) is 0.456. The van der Waals surface area contributed by atoms with E-state index in [1.54, 1.807) is 11.3 Å². The first-order valence-electron chi connectivity index (χ1n) is 5.96. The molecule has 0 saturated carbocycles. The molecule has 0 spiro atoms. The molecule has 0 fully saturated rings. The zero-order valence-electron chi connectivity index (χ0n) is 10.0. The summed E-state index contributed by atoms with van der Waals surface area (Å²) in [5, 5.41) is 11.1. The first kappa shape index (κ1) is 12.7. The van der Waals surface area contributed by atoms with Crippen molar-refractivity contribution in [3.63, 3.8) is 0 Å². The van der Waals surface area contributed by atoms with Crippen molar-refractivity contribution in [1.82, 2.24) is 9.97 Å². The normalized spacial score (nSPS) is 13.9. The Labute approximate surface area is 117 Å². The Hall–Kier alpha value is -1.34. The van der Waals surface area contributed by atoms with Crippen LogP contribution >= 0.6 is 23.1 Å². The number of nitrogens with one attached hydrogen (secondary N) is 1. The van der Waals surface area contributed by atoms with E-state index in [1.807, 2.05) is 0 Å². The molecular weight excluding hydrogens is 284 g/mol. The molecule has 1 aliphatic carbocycles. The second-order valence-corrected chi connectivity index (χ2v) is 6.48. The van der Waals surface area contributed by atoms with Crippen molar-refractivity contribution in [3.8, 4) is 0 Å². The van der Waals surface area contributed by atoms with Crippen molar-refractivity contribution in [3.05, 3.63) is 26.6 Å². The van der Waals surface area contributed by atoms with Gasteiger partial charge >= 0.3 is 0 Å². The summed E-state index contributed by atoms with van der Waals surface area (Å²) in [6, 6.07) is 0. The van der Waals surface area contributed by atoms with Crippen LogP contribution in [0.3, 0.4) is 0 Å². The Balaban J connectivity index is 1.92. The fourth-order valence-electron chi connectivity index (χ4n) is 2.35. The second kappa shape index (κ2) is 4.97. The number of aromatic amines is 1. The highest BCUT2D eigenvalue weighted by Gasteiger charge is 2.20. The molecule has 2 aromatic heterocycles. The molecule has 0 amide bonds. The molecule has 0 bridgehead atoms. The number of thioether (sulfide) groups is 1. The molecule has 0 radical (unpaired) electrons. The van der Waals surface area contributed by atoms with Gasteiger partial charge in [-0.15, -0.1) is 23.1 Å². The van der Waals surface area contributed by atoms with Crippen LogP contribution in [0.15, 0.2) is 4.79 Å². The third-order valence-electron chi connectivity index (χ3n) is 3.08. The summed E-state index contributed by atoms with van der Waals surface area (Å²) in [4.78, 5) is 31.6. The minimum Gasteiger partial charge on any atom is -0.549 e. The molecule has 3 rings (SSSR count). The van der Waals surface area contributed by atoms with Gasteiger partial charge in [0.25, 0.3) is 5.56 Å². The molecule has 100 valence electrons. The highest BCUT2D eigenvalue weighted by atomic mass is 32.2. The second-order valence-electron chi connectivity index (χ2n) is 4.41. The molecule has 0 atom stereocenters. The van der Waals surface area contributed by atoms with E-state index in [2.05, 4.69) is 9.97 Å². The minimum atomic E-state index is -1.11. The van der Waals surface area contributed by atoms with E-state index >= 15 is 0 Å². The van der Waals surface area contributed by atoms with Gasteiger partial charge in [-0.3, -0.25) is 4.79 Å². The molecule has 0 aromatic carbocycles. The number of carbonyl (C=O) groups is 1. The molecular formula is C12H11N2O3S2-. The van der Waals surface area contributed by atoms with Crippen LogP contribution in [0.4, 0.5) is 0 Å². The van der Waals surface area contributed by atoms with Crippen LogP contribution in [0.5, 0.6) is 0 Å². The number of thiophene rings is 1. The number of fused-ring (bicyclic) bond motifs is 3. The largest absolute Gasteiger partial charge is 0.549 e. The van der Waals surface area contributed by atoms with E-state index in [9.17, 15) is 14.7 Å². The van der Waals surface area contributed by atoms with Crippen molar-refractivity contribution in [2.45, 2.75) is 25.0 Å². The first-order chi connectivity index (χ1) is 9.15. The fraction of sp³-hybridized carbons (Fsp3) is 0.417. The highest BCUT2D eigenvalue weighted by molar-refractivity contribution is 7.99.